The second-order valence-electron chi connectivity index (χ2n) is 2.78. The molecule has 1 amide bonds. The van der Waals surface area contributed by atoms with Gasteiger partial charge in [0.15, 0.2) is 0 Å². The van der Waals surface area contributed by atoms with E-state index in [-0.39, 0.29) is 6.54 Å². The molecule has 0 saturated carbocycles. The summed E-state index contributed by atoms with van der Waals surface area (Å²) >= 11 is 0. The van der Waals surface area contributed by atoms with Crippen molar-refractivity contribution < 1.29 is 14.7 Å². The van der Waals surface area contributed by atoms with Gasteiger partial charge in [0.05, 0.1) is 24.1 Å². The van der Waals surface area contributed by atoms with Crippen LogP contribution in [0, 0.1) is 0 Å². The number of aliphatic carboxylic acids is 1. The molecule has 1 heterocycles. The molecule has 1 rings (SSSR count). The fraction of sp³-hybridized carbons (Fsp3) is 0.222. The zero-order valence-electron chi connectivity index (χ0n) is 7.93. The summed E-state index contributed by atoms with van der Waals surface area (Å²) < 4.78 is 0. The van der Waals surface area contributed by atoms with E-state index < -0.39 is 5.97 Å². The smallest absolute Gasteiger partial charge is 0.322 e. The Balaban J connectivity index is 2.48. The summed E-state index contributed by atoms with van der Waals surface area (Å²) in [6, 6.07) is 3.42. The third-order valence-corrected chi connectivity index (χ3v) is 1.63. The van der Waals surface area contributed by atoms with E-state index in [0.717, 1.165) is 0 Å². The van der Waals surface area contributed by atoms with Crippen LogP contribution in [0.1, 0.15) is 5.69 Å². The lowest BCUT2D eigenvalue weighted by Gasteiger charge is -2.03. The number of carboxylic acids is 1. The topological polar surface area (TPSA) is 91.3 Å². The lowest BCUT2D eigenvalue weighted by molar-refractivity contribution is -0.134. The SMILES string of the molecule is O=CNCc1ccc(NCC(=O)O)cn1. The Morgan fingerprint density at radius 2 is 2.33 bits per heavy atom. The molecule has 0 fully saturated rings. The summed E-state index contributed by atoms with van der Waals surface area (Å²) in [4.78, 5) is 24.3. The van der Waals surface area contributed by atoms with Gasteiger partial charge >= 0.3 is 5.97 Å². The highest BCUT2D eigenvalue weighted by atomic mass is 16.4. The number of amides is 1. The molecule has 0 aromatic carbocycles. The second-order valence-corrected chi connectivity index (χ2v) is 2.78. The van der Waals surface area contributed by atoms with Crippen LogP contribution in [0.5, 0.6) is 0 Å². The average Bonchev–Trinajstić information content (AvgIpc) is 2.25. The highest BCUT2D eigenvalue weighted by Crippen LogP contribution is 2.05. The molecular weight excluding hydrogens is 198 g/mol. The van der Waals surface area contributed by atoms with Gasteiger partial charge in [0.1, 0.15) is 6.54 Å². The first kappa shape index (κ1) is 11.0. The molecule has 0 saturated heterocycles. The standard InChI is InChI=1S/C9H11N3O3/c13-6-10-3-7-1-2-8(4-11-7)12-5-9(14)15/h1-2,4,6,12H,3,5H2,(H,10,13)(H,14,15). The number of carbonyl (C=O) groups is 2. The fourth-order valence-electron chi connectivity index (χ4n) is 0.958. The van der Waals surface area contributed by atoms with E-state index in [0.29, 0.717) is 24.3 Å². The number of hydrogen-bond donors (Lipinski definition) is 3. The molecule has 3 N–H and O–H groups in total. The Morgan fingerprint density at radius 3 is 2.87 bits per heavy atom. The molecule has 0 aliphatic carbocycles. The number of carboxylic acid groups (broad SMARTS) is 1. The molecule has 0 aliphatic heterocycles. The van der Waals surface area contributed by atoms with E-state index in [2.05, 4.69) is 15.6 Å². The first-order valence-corrected chi connectivity index (χ1v) is 4.30. The molecule has 1 aromatic heterocycles. The molecule has 0 unspecified atom stereocenters. The van der Waals surface area contributed by atoms with E-state index in [1.807, 2.05) is 0 Å². The minimum absolute atomic E-state index is 0.145. The summed E-state index contributed by atoms with van der Waals surface area (Å²) in [5.74, 6) is -0.929. The largest absolute Gasteiger partial charge is 0.480 e. The minimum atomic E-state index is -0.929. The van der Waals surface area contributed by atoms with E-state index in [1.165, 1.54) is 6.20 Å². The first-order chi connectivity index (χ1) is 7.22. The summed E-state index contributed by atoms with van der Waals surface area (Å²) in [5, 5.41) is 13.6. The van der Waals surface area contributed by atoms with Gasteiger partial charge in [0, 0.05) is 0 Å². The number of nitrogens with one attached hydrogen (secondary N) is 2. The van der Waals surface area contributed by atoms with Gasteiger partial charge in [-0.05, 0) is 12.1 Å². The van der Waals surface area contributed by atoms with Gasteiger partial charge in [-0.15, -0.1) is 0 Å². The van der Waals surface area contributed by atoms with Gasteiger partial charge in [-0.1, -0.05) is 0 Å². The van der Waals surface area contributed by atoms with Crippen molar-refractivity contribution in [3.8, 4) is 0 Å². The first-order valence-electron chi connectivity index (χ1n) is 4.30. The predicted molar refractivity (Wildman–Crippen MR) is 53.3 cm³/mol. The third kappa shape index (κ3) is 4.08. The molecule has 15 heavy (non-hydrogen) atoms. The maximum Gasteiger partial charge on any atom is 0.322 e. The quantitative estimate of drug-likeness (QED) is 0.565. The zero-order chi connectivity index (χ0) is 11.1. The minimum Gasteiger partial charge on any atom is -0.480 e. The van der Waals surface area contributed by atoms with Crippen molar-refractivity contribution in [2.45, 2.75) is 6.54 Å². The predicted octanol–water partition coefficient (Wildman–Crippen LogP) is -0.176. The van der Waals surface area contributed by atoms with Crippen LogP contribution in [-0.4, -0.2) is 29.0 Å². The molecule has 0 bridgehead atoms. The number of rotatable bonds is 6. The van der Waals surface area contributed by atoms with E-state index in [4.69, 9.17) is 5.11 Å². The van der Waals surface area contributed by atoms with Gasteiger partial charge in [0.2, 0.25) is 6.41 Å². The molecule has 6 nitrogen and oxygen atoms in total. The highest BCUT2D eigenvalue weighted by molar-refractivity contribution is 5.72. The number of hydrogen-bond acceptors (Lipinski definition) is 4. The molecule has 0 aliphatic rings. The Kier molecular flexibility index (Phi) is 4.08. The fourth-order valence-corrected chi connectivity index (χ4v) is 0.958. The molecule has 0 atom stereocenters. The van der Waals surface area contributed by atoms with Crippen LogP contribution in [0.25, 0.3) is 0 Å². The normalized spacial score (nSPS) is 9.33. The van der Waals surface area contributed by atoms with Crippen LogP contribution in [-0.2, 0) is 16.1 Å². The van der Waals surface area contributed by atoms with Crippen molar-refractivity contribution in [2.24, 2.45) is 0 Å². The highest BCUT2D eigenvalue weighted by Gasteiger charge is 1.98. The zero-order valence-corrected chi connectivity index (χ0v) is 7.93. The van der Waals surface area contributed by atoms with Gasteiger partial charge in [-0.2, -0.15) is 0 Å². The summed E-state index contributed by atoms with van der Waals surface area (Å²) in [6.45, 7) is 0.219. The van der Waals surface area contributed by atoms with Crippen molar-refractivity contribution in [3.63, 3.8) is 0 Å². The molecule has 80 valence electrons. The average molecular weight is 209 g/mol. The Labute approximate surface area is 86.3 Å². The summed E-state index contributed by atoms with van der Waals surface area (Å²) in [5.41, 5.74) is 1.34. The van der Waals surface area contributed by atoms with Crippen LogP contribution < -0.4 is 10.6 Å². The van der Waals surface area contributed by atoms with Crippen LogP contribution in [0.4, 0.5) is 5.69 Å². The van der Waals surface area contributed by atoms with Crippen LogP contribution >= 0.6 is 0 Å². The van der Waals surface area contributed by atoms with E-state index >= 15 is 0 Å². The maximum atomic E-state index is 10.2. The molecule has 1 aromatic rings. The van der Waals surface area contributed by atoms with Crippen LogP contribution in [0.3, 0.4) is 0 Å². The second kappa shape index (κ2) is 5.58. The lowest BCUT2D eigenvalue weighted by atomic mass is 10.3. The summed E-state index contributed by atoms with van der Waals surface area (Å²) in [7, 11) is 0. The molecule has 0 spiro atoms. The lowest BCUT2D eigenvalue weighted by Crippen LogP contribution is -2.13. The number of nitrogens with zero attached hydrogens (tertiary/aromatic N) is 1. The Morgan fingerprint density at radius 1 is 1.53 bits per heavy atom. The Hall–Kier alpha value is -2.11. The van der Waals surface area contributed by atoms with Crippen molar-refractivity contribution in [3.05, 3.63) is 24.0 Å². The third-order valence-electron chi connectivity index (χ3n) is 1.63. The van der Waals surface area contributed by atoms with E-state index in [1.54, 1.807) is 12.1 Å². The number of pyridine rings is 1. The summed E-state index contributed by atoms with van der Waals surface area (Å²) in [6.07, 6.45) is 2.11. The van der Waals surface area contributed by atoms with Gasteiger partial charge in [-0.3, -0.25) is 14.6 Å². The van der Waals surface area contributed by atoms with Gasteiger partial charge in [-0.25, -0.2) is 0 Å². The molecule has 0 radical (unpaired) electrons. The van der Waals surface area contributed by atoms with Crippen molar-refractivity contribution >= 4 is 18.1 Å². The van der Waals surface area contributed by atoms with Crippen molar-refractivity contribution in [2.75, 3.05) is 11.9 Å². The maximum absolute atomic E-state index is 10.2. The van der Waals surface area contributed by atoms with Gasteiger partial charge in [0.25, 0.3) is 0 Å². The van der Waals surface area contributed by atoms with Gasteiger partial charge < -0.3 is 15.7 Å². The number of aromatic nitrogens is 1. The van der Waals surface area contributed by atoms with E-state index in [9.17, 15) is 9.59 Å². The van der Waals surface area contributed by atoms with Crippen LogP contribution in [0.15, 0.2) is 18.3 Å². The number of anilines is 1. The molecule has 6 heteroatoms. The number of carbonyl (C=O) groups excluding carboxylic acids is 1. The van der Waals surface area contributed by atoms with Crippen molar-refractivity contribution in [1.29, 1.82) is 0 Å². The molecular formula is C9H11N3O3. The van der Waals surface area contributed by atoms with Crippen molar-refractivity contribution in [1.82, 2.24) is 10.3 Å². The van der Waals surface area contributed by atoms with Crippen LogP contribution in [0.2, 0.25) is 0 Å². The Bertz CT molecular complexity index is 337. The monoisotopic (exact) mass is 209 g/mol.